The minimum Gasteiger partial charge on any atom is -0.473 e. The molecule has 0 radical (unpaired) electrons. The highest BCUT2D eigenvalue weighted by molar-refractivity contribution is 6.63. The summed E-state index contributed by atoms with van der Waals surface area (Å²) in [7, 11) is 0. The molecule has 4 nitrogen and oxygen atoms in total. The molecule has 0 aromatic heterocycles. The molecule has 0 rings (SSSR count). The molecule has 0 aliphatic heterocycles. The van der Waals surface area contributed by atoms with Crippen LogP contribution in [-0.4, -0.2) is 26.4 Å². The Morgan fingerprint density at radius 3 is 1.10 bits per heavy atom. The van der Waals surface area contributed by atoms with Crippen LogP contribution in [0.3, 0.4) is 0 Å². The highest BCUT2D eigenvalue weighted by Crippen LogP contribution is 2.03. The molecule has 0 amide bonds. The summed E-state index contributed by atoms with van der Waals surface area (Å²) in [5.74, 6) is -3.65. The second kappa shape index (κ2) is 6.92. The fourth-order valence-electron chi connectivity index (χ4n) is 0. The topological polar surface area (TPSA) is 74.6 Å². The first kappa shape index (κ1) is 12.5. The Morgan fingerprint density at radius 1 is 1.00 bits per heavy atom. The van der Waals surface area contributed by atoms with Crippen molar-refractivity contribution < 1.29 is 19.8 Å². The number of alkyl halides is 3. The molecule has 0 unspecified atom stereocenters. The first-order valence-electron chi connectivity index (χ1n) is 1.76. The Labute approximate surface area is 71.3 Å². The first-order chi connectivity index (χ1) is 4.37. The van der Waals surface area contributed by atoms with Gasteiger partial charge >= 0.3 is 11.9 Å². The molecule has 0 heterocycles. The van der Waals surface area contributed by atoms with Crippen LogP contribution >= 0.6 is 34.8 Å². The molecular formula is C3H3Cl3O4. The zero-order valence-electron chi connectivity index (χ0n) is 4.42. The smallest absolute Gasteiger partial charge is 0.414 e. The predicted octanol–water partition coefficient (Wildman–Crippen LogP) is 1.14. The second-order valence-electron chi connectivity index (χ2n) is 0.858. The first-order valence-corrected chi connectivity index (χ1v) is 3.07. The second-order valence-corrected chi connectivity index (χ2v) is 2.84. The van der Waals surface area contributed by atoms with Gasteiger partial charge in [-0.05, 0) is 0 Å². The van der Waals surface area contributed by atoms with Crippen molar-refractivity contribution in [2.75, 3.05) is 0 Å². The third kappa shape index (κ3) is 25.0. The number of halogens is 3. The van der Waals surface area contributed by atoms with Crippen molar-refractivity contribution in [3.05, 3.63) is 0 Å². The summed E-state index contributed by atoms with van der Waals surface area (Å²) in [4.78, 5) is 18.2. The van der Waals surface area contributed by atoms with E-state index in [1.54, 1.807) is 0 Å². The quantitative estimate of drug-likeness (QED) is 0.463. The third-order valence-electron chi connectivity index (χ3n) is 0.183. The highest BCUT2D eigenvalue weighted by Gasteiger charge is 2.04. The zero-order valence-corrected chi connectivity index (χ0v) is 6.69. The lowest BCUT2D eigenvalue weighted by atomic mass is 10.7. The monoisotopic (exact) mass is 208 g/mol. The molecule has 0 fully saturated rings. The van der Waals surface area contributed by atoms with Gasteiger partial charge in [0.1, 0.15) is 0 Å². The van der Waals surface area contributed by atoms with Crippen molar-refractivity contribution in [2.45, 2.75) is 4.30 Å². The van der Waals surface area contributed by atoms with Gasteiger partial charge in [-0.25, -0.2) is 9.59 Å². The minimum atomic E-state index is -1.82. The van der Waals surface area contributed by atoms with Gasteiger partial charge in [-0.2, -0.15) is 0 Å². The molecule has 60 valence electrons. The molecule has 0 aliphatic carbocycles. The van der Waals surface area contributed by atoms with E-state index < -0.39 is 16.2 Å². The molecule has 0 saturated heterocycles. The van der Waals surface area contributed by atoms with Crippen LogP contribution in [-0.2, 0) is 9.59 Å². The van der Waals surface area contributed by atoms with Gasteiger partial charge in [-0.15, -0.1) is 0 Å². The maximum absolute atomic E-state index is 9.10. The largest absolute Gasteiger partial charge is 0.473 e. The van der Waals surface area contributed by atoms with E-state index in [9.17, 15) is 0 Å². The standard InChI is InChI=1S/C2H2O4.CHCl3/c3-1(4)2(5)6;2-1(3)4/h(H,3,4)(H,5,6);1H. The fourth-order valence-corrected chi connectivity index (χ4v) is 0. The van der Waals surface area contributed by atoms with Crippen LogP contribution in [0.4, 0.5) is 0 Å². The maximum atomic E-state index is 9.10. The average molecular weight is 209 g/mol. The van der Waals surface area contributed by atoms with E-state index in [0.29, 0.717) is 0 Å². The molecule has 0 saturated carbocycles. The molecule has 0 bridgehead atoms. The maximum Gasteiger partial charge on any atom is 0.414 e. The fraction of sp³-hybridized carbons (Fsp3) is 0.333. The summed E-state index contributed by atoms with van der Waals surface area (Å²) in [5, 5.41) is 14.8. The van der Waals surface area contributed by atoms with E-state index in [0.717, 1.165) is 0 Å². The Kier molecular flexibility index (Phi) is 8.64. The SMILES string of the molecule is ClC(Cl)Cl.O=C(O)C(=O)O. The van der Waals surface area contributed by atoms with Gasteiger partial charge < -0.3 is 10.2 Å². The number of carboxylic acids is 2. The van der Waals surface area contributed by atoms with Crippen LogP contribution < -0.4 is 0 Å². The summed E-state index contributed by atoms with van der Waals surface area (Å²) in [6.45, 7) is 0. The van der Waals surface area contributed by atoms with Crippen molar-refractivity contribution in [1.82, 2.24) is 0 Å². The molecule has 0 spiro atoms. The van der Waals surface area contributed by atoms with Crippen LogP contribution in [0.25, 0.3) is 0 Å². The lowest BCUT2D eigenvalue weighted by Gasteiger charge is -1.72. The van der Waals surface area contributed by atoms with Gasteiger partial charge in [0.15, 0.2) is 4.30 Å². The van der Waals surface area contributed by atoms with Gasteiger partial charge in [0.25, 0.3) is 0 Å². The zero-order chi connectivity index (χ0) is 8.73. The van der Waals surface area contributed by atoms with E-state index in [2.05, 4.69) is 0 Å². The van der Waals surface area contributed by atoms with Crippen LogP contribution in [0.2, 0.25) is 0 Å². The van der Waals surface area contributed by atoms with Gasteiger partial charge in [-0.1, -0.05) is 34.8 Å². The molecule has 0 aromatic rings. The van der Waals surface area contributed by atoms with E-state index in [1.807, 2.05) is 0 Å². The van der Waals surface area contributed by atoms with Gasteiger partial charge in [0, 0.05) is 0 Å². The number of hydrogen-bond donors (Lipinski definition) is 2. The Morgan fingerprint density at radius 2 is 1.10 bits per heavy atom. The number of carboxylic acid groups (broad SMARTS) is 2. The minimum absolute atomic E-state index is 0.750. The number of aliphatic carboxylic acids is 2. The van der Waals surface area contributed by atoms with E-state index >= 15 is 0 Å². The van der Waals surface area contributed by atoms with Crippen molar-refractivity contribution in [3.8, 4) is 0 Å². The van der Waals surface area contributed by atoms with E-state index in [4.69, 9.17) is 54.6 Å². The van der Waals surface area contributed by atoms with Crippen molar-refractivity contribution in [1.29, 1.82) is 0 Å². The molecular weight excluding hydrogens is 206 g/mol. The Balaban J connectivity index is 0. The van der Waals surface area contributed by atoms with Crippen LogP contribution in [0.5, 0.6) is 0 Å². The summed E-state index contributed by atoms with van der Waals surface area (Å²) in [6.07, 6.45) is 0. The molecule has 7 heteroatoms. The summed E-state index contributed by atoms with van der Waals surface area (Å²) in [5.41, 5.74) is 0. The predicted molar refractivity (Wildman–Crippen MR) is 36.6 cm³/mol. The van der Waals surface area contributed by atoms with Crippen LogP contribution in [0.15, 0.2) is 0 Å². The van der Waals surface area contributed by atoms with Gasteiger partial charge in [-0.3, -0.25) is 0 Å². The molecule has 10 heavy (non-hydrogen) atoms. The average Bonchev–Trinajstić information content (AvgIpc) is 1.63. The van der Waals surface area contributed by atoms with E-state index in [1.165, 1.54) is 0 Å². The number of rotatable bonds is 0. The van der Waals surface area contributed by atoms with Crippen molar-refractivity contribution in [3.63, 3.8) is 0 Å². The Bertz CT molecular complexity index is 108. The van der Waals surface area contributed by atoms with Crippen LogP contribution in [0.1, 0.15) is 0 Å². The van der Waals surface area contributed by atoms with Crippen LogP contribution in [0, 0.1) is 0 Å². The number of hydrogen-bond acceptors (Lipinski definition) is 2. The van der Waals surface area contributed by atoms with Gasteiger partial charge in [0.05, 0.1) is 0 Å². The molecule has 0 atom stereocenters. The summed E-state index contributed by atoms with van der Waals surface area (Å²) < 4.78 is -0.750. The van der Waals surface area contributed by atoms with Gasteiger partial charge in [0.2, 0.25) is 0 Å². The summed E-state index contributed by atoms with van der Waals surface area (Å²) in [6, 6.07) is 0. The Hall–Kier alpha value is -0.190. The van der Waals surface area contributed by atoms with Crippen molar-refractivity contribution in [2.24, 2.45) is 0 Å². The van der Waals surface area contributed by atoms with Crippen molar-refractivity contribution >= 4 is 46.7 Å². The molecule has 2 N–H and O–H groups in total. The number of carbonyl (C=O) groups is 2. The summed E-state index contributed by atoms with van der Waals surface area (Å²) >= 11 is 14.4. The normalized spacial score (nSPS) is 8.00. The molecule has 0 aromatic carbocycles. The lowest BCUT2D eigenvalue weighted by molar-refractivity contribution is -0.159. The van der Waals surface area contributed by atoms with E-state index in [-0.39, 0.29) is 0 Å². The highest BCUT2D eigenvalue weighted by atomic mass is 35.6. The lowest BCUT2D eigenvalue weighted by Crippen LogP contribution is -2.09. The third-order valence-corrected chi connectivity index (χ3v) is 0.183. The molecule has 0 aliphatic rings.